The lowest BCUT2D eigenvalue weighted by atomic mass is 9.73. The number of fused-ring (bicyclic) bond motifs is 3. The van der Waals surface area contributed by atoms with Crippen LogP contribution in [-0.2, 0) is 10.2 Å². The van der Waals surface area contributed by atoms with Crippen molar-refractivity contribution >= 4 is 28.3 Å². The summed E-state index contributed by atoms with van der Waals surface area (Å²) in [5.74, 6) is -0.158. The SMILES string of the molecule is O=C(c1cccc2cnccc12)N1CCC2(C(=O)Nc3ccccc32)C1c1cccnc1. The van der Waals surface area contributed by atoms with E-state index >= 15 is 0 Å². The summed E-state index contributed by atoms with van der Waals surface area (Å²) in [6.07, 6.45) is 7.48. The number of anilines is 1. The Balaban J connectivity index is 1.53. The average Bonchev–Trinajstić information content (AvgIpc) is 3.38. The third-order valence-electron chi connectivity index (χ3n) is 6.76. The molecule has 4 aromatic rings. The minimum absolute atomic E-state index is 0.0648. The second-order valence-corrected chi connectivity index (χ2v) is 8.31. The lowest BCUT2D eigenvalue weighted by Gasteiger charge is -2.34. The fourth-order valence-electron chi connectivity index (χ4n) is 5.37. The molecular weight excluding hydrogens is 400 g/mol. The molecular formula is C26H20N4O2. The molecule has 6 nitrogen and oxygen atoms in total. The first-order chi connectivity index (χ1) is 15.7. The number of pyridine rings is 2. The highest BCUT2D eigenvalue weighted by atomic mass is 16.2. The first-order valence-corrected chi connectivity index (χ1v) is 10.6. The fraction of sp³-hybridized carbons (Fsp3) is 0.154. The number of carbonyl (C=O) groups excluding carboxylic acids is 2. The summed E-state index contributed by atoms with van der Waals surface area (Å²) in [6.45, 7) is 0.474. The van der Waals surface area contributed by atoms with E-state index in [2.05, 4.69) is 15.3 Å². The van der Waals surface area contributed by atoms with E-state index in [1.54, 1.807) is 24.8 Å². The number of hydrogen-bond donors (Lipinski definition) is 1. The number of rotatable bonds is 2. The zero-order chi connectivity index (χ0) is 21.7. The highest BCUT2D eigenvalue weighted by Crippen LogP contribution is 2.54. The second-order valence-electron chi connectivity index (χ2n) is 8.31. The molecule has 0 radical (unpaired) electrons. The molecule has 2 atom stereocenters. The van der Waals surface area contributed by atoms with Gasteiger partial charge in [0.2, 0.25) is 5.91 Å². The molecule has 2 aliphatic rings. The van der Waals surface area contributed by atoms with E-state index < -0.39 is 11.5 Å². The Morgan fingerprint density at radius 3 is 2.72 bits per heavy atom. The van der Waals surface area contributed by atoms with Crippen molar-refractivity contribution in [2.75, 3.05) is 11.9 Å². The molecule has 0 aliphatic carbocycles. The van der Waals surface area contributed by atoms with Crippen molar-refractivity contribution in [1.29, 1.82) is 0 Å². The van der Waals surface area contributed by atoms with Gasteiger partial charge in [-0.05, 0) is 47.2 Å². The van der Waals surface area contributed by atoms with E-state index in [4.69, 9.17) is 0 Å². The lowest BCUT2D eigenvalue weighted by molar-refractivity contribution is -0.121. The maximum Gasteiger partial charge on any atom is 0.255 e. The number of aromatic nitrogens is 2. The number of nitrogens with one attached hydrogen (secondary N) is 1. The summed E-state index contributed by atoms with van der Waals surface area (Å²) in [5.41, 5.74) is 2.38. The lowest BCUT2D eigenvalue weighted by Crippen LogP contribution is -2.42. The molecule has 1 N–H and O–H groups in total. The number of likely N-dealkylation sites (tertiary alicyclic amines) is 1. The van der Waals surface area contributed by atoms with Crippen molar-refractivity contribution in [1.82, 2.24) is 14.9 Å². The van der Waals surface area contributed by atoms with Crippen LogP contribution in [0, 0.1) is 0 Å². The van der Waals surface area contributed by atoms with E-state index in [-0.39, 0.29) is 11.8 Å². The number of carbonyl (C=O) groups is 2. The van der Waals surface area contributed by atoms with Gasteiger partial charge in [-0.2, -0.15) is 0 Å². The van der Waals surface area contributed by atoms with E-state index in [0.29, 0.717) is 18.5 Å². The zero-order valence-corrected chi connectivity index (χ0v) is 17.2. The molecule has 2 amide bonds. The Hall–Kier alpha value is -4.06. The number of amides is 2. The highest BCUT2D eigenvalue weighted by molar-refractivity contribution is 6.10. The van der Waals surface area contributed by atoms with Crippen LogP contribution in [0.1, 0.15) is 33.9 Å². The normalized spacial score (nSPS) is 21.7. The third-order valence-corrected chi connectivity index (χ3v) is 6.76. The van der Waals surface area contributed by atoms with Crippen LogP contribution in [0.4, 0.5) is 5.69 Å². The maximum absolute atomic E-state index is 14.0. The van der Waals surface area contributed by atoms with Gasteiger partial charge in [0.15, 0.2) is 0 Å². The Morgan fingerprint density at radius 1 is 0.969 bits per heavy atom. The molecule has 32 heavy (non-hydrogen) atoms. The summed E-state index contributed by atoms with van der Waals surface area (Å²) in [7, 11) is 0. The van der Waals surface area contributed by atoms with Gasteiger partial charge in [0.05, 0.1) is 6.04 Å². The van der Waals surface area contributed by atoms with Gasteiger partial charge in [-0.1, -0.05) is 36.4 Å². The Bertz CT molecular complexity index is 1370. The number of benzene rings is 2. The number of para-hydroxylation sites is 1. The Kier molecular flexibility index (Phi) is 4.08. The van der Waals surface area contributed by atoms with Crippen molar-refractivity contribution in [3.8, 4) is 0 Å². The Labute approximate surface area is 184 Å². The summed E-state index contributed by atoms with van der Waals surface area (Å²) < 4.78 is 0. The molecule has 2 unspecified atom stereocenters. The predicted octanol–water partition coefficient (Wildman–Crippen LogP) is 4.11. The molecule has 2 aromatic heterocycles. The van der Waals surface area contributed by atoms with Gasteiger partial charge in [-0.25, -0.2) is 0 Å². The van der Waals surface area contributed by atoms with Gasteiger partial charge < -0.3 is 10.2 Å². The van der Waals surface area contributed by atoms with Gasteiger partial charge in [0.25, 0.3) is 5.91 Å². The maximum atomic E-state index is 14.0. The summed E-state index contributed by atoms with van der Waals surface area (Å²) >= 11 is 0. The molecule has 0 saturated carbocycles. The first kappa shape index (κ1) is 18.7. The molecule has 4 heterocycles. The molecule has 1 fully saturated rings. The van der Waals surface area contributed by atoms with Crippen LogP contribution in [0.2, 0.25) is 0 Å². The largest absolute Gasteiger partial charge is 0.330 e. The van der Waals surface area contributed by atoms with Crippen molar-refractivity contribution in [3.63, 3.8) is 0 Å². The number of hydrogen-bond acceptors (Lipinski definition) is 4. The average molecular weight is 420 g/mol. The molecule has 2 aliphatic heterocycles. The predicted molar refractivity (Wildman–Crippen MR) is 121 cm³/mol. The summed E-state index contributed by atoms with van der Waals surface area (Å²) in [4.78, 5) is 37.8. The summed E-state index contributed by atoms with van der Waals surface area (Å²) in [6, 6.07) is 18.7. The van der Waals surface area contributed by atoms with Crippen LogP contribution in [-0.4, -0.2) is 33.2 Å². The molecule has 2 aromatic carbocycles. The molecule has 6 rings (SSSR count). The molecule has 0 bridgehead atoms. The van der Waals surface area contributed by atoms with Gasteiger partial charge in [-0.15, -0.1) is 0 Å². The van der Waals surface area contributed by atoms with Crippen molar-refractivity contribution in [2.45, 2.75) is 17.9 Å². The fourth-order valence-corrected chi connectivity index (χ4v) is 5.37. The van der Waals surface area contributed by atoms with E-state index in [0.717, 1.165) is 27.6 Å². The first-order valence-electron chi connectivity index (χ1n) is 10.6. The number of nitrogens with zero attached hydrogens (tertiary/aromatic N) is 3. The van der Waals surface area contributed by atoms with Crippen molar-refractivity contribution in [3.05, 3.63) is 102 Å². The quantitative estimate of drug-likeness (QED) is 0.530. The summed E-state index contributed by atoms with van der Waals surface area (Å²) in [5, 5.41) is 4.82. The van der Waals surface area contributed by atoms with Crippen LogP contribution in [0.3, 0.4) is 0 Å². The van der Waals surface area contributed by atoms with Gasteiger partial charge in [0, 0.05) is 48.0 Å². The van der Waals surface area contributed by atoms with E-state index in [1.165, 1.54) is 0 Å². The standard InChI is InChI=1S/C26H20N4O2/c31-24(20-7-3-5-17-15-28-13-10-19(17)20)30-14-11-26(23(30)18-6-4-12-27-16-18)21-8-1-2-9-22(21)29-25(26)32/h1-10,12-13,15-16,23H,11,14H2,(H,29,32). The van der Waals surface area contributed by atoms with Crippen LogP contribution in [0.15, 0.2) is 85.5 Å². The van der Waals surface area contributed by atoms with Crippen molar-refractivity contribution < 1.29 is 9.59 Å². The second kappa shape index (κ2) is 6.99. The van der Waals surface area contributed by atoms with Gasteiger partial charge in [0.1, 0.15) is 5.41 Å². The smallest absolute Gasteiger partial charge is 0.255 e. The molecule has 6 heteroatoms. The minimum Gasteiger partial charge on any atom is -0.330 e. The topological polar surface area (TPSA) is 75.2 Å². The van der Waals surface area contributed by atoms with Crippen LogP contribution >= 0.6 is 0 Å². The van der Waals surface area contributed by atoms with Gasteiger partial charge >= 0.3 is 0 Å². The highest BCUT2D eigenvalue weighted by Gasteiger charge is 2.59. The zero-order valence-electron chi connectivity index (χ0n) is 17.2. The molecule has 156 valence electrons. The van der Waals surface area contributed by atoms with Crippen molar-refractivity contribution in [2.24, 2.45) is 0 Å². The van der Waals surface area contributed by atoms with Gasteiger partial charge in [-0.3, -0.25) is 19.6 Å². The minimum atomic E-state index is -0.846. The van der Waals surface area contributed by atoms with Crippen LogP contribution in [0.25, 0.3) is 10.8 Å². The van der Waals surface area contributed by atoms with E-state index in [1.807, 2.05) is 65.6 Å². The van der Waals surface area contributed by atoms with E-state index in [9.17, 15) is 9.59 Å². The Morgan fingerprint density at radius 2 is 1.84 bits per heavy atom. The van der Waals surface area contributed by atoms with Crippen LogP contribution < -0.4 is 5.32 Å². The van der Waals surface area contributed by atoms with Crippen LogP contribution in [0.5, 0.6) is 0 Å². The monoisotopic (exact) mass is 420 g/mol. The third kappa shape index (κ3) is 2.52. The molecule has 1 spiro atoms. The molecule has 1 saturated heterocycles.